The molecule has 4 rings (SSSR count). The van der Waals surface area contributed by atoms with E-state index in [9.17, 15) is 8.42 Å². The van der Waals surface area contributed by atoms with Crippen molar-refractivity contribution in [3.63, 3.8) is 0 Å². The van der Waals surface area contributed by atoms with E-state index in [-0.39, 0.29) is 6.10 Å². The molecule has 0 amide bonds. The Kier molecular flexibility index (Phi) is 4.71. The third kappa shape index (κ3) is 3.48. The first-order valence-electron chi connectivity index (χ1n) is 9.24. The van der Waals surface area contributed by atoms with E-state index in [1.807, 2.05) is 31.2 Å². The fourth-order valence-electron chi connectivity index (χ4n) is 3.74. The lowest BCUT2D eigenvalue weighted by atomic mass is 10.1. The Morgan fingerprint density at radius 1 is 1.08 bits per heavy atom. The van der Waals surface area contributed by atoms with Gasteiger partial charge >= 0.3 is 0 Å². The molecule has 2 aromatic rings. The summed E-state index contributed by atoms with van der Waals surface area (Å²) in [4.78, 5) is 4.70. The van der Waals surface area contributed by atoms with Crippen LogP contribution in [-0.4, -0.2) is 36.9 Å². The van der Waals surface area contributed by atoms with Gasteiger partial charge < -0.3 is 4.74 Å². The Labute approximate surface area is 155 Å². The van der Waals surface area contributed by atoms with Crippen LogP contribution in [0.15, 0.2) is 41.4 Å². The van der Waals surface area contributed by atoms with Gasteiger partial charge in [-0.2, -0.15) is 4.31 Å². The van der Waals surface area contributed by atoms with E-state index in [4.69, 9.17) is 4.74 Å². The predicted octanol–water partition coefficient (Wildman–Crippen LogP) is 3.11. The van der Waals surface area contributed by atoms with Gasteiger partial charge in [-0.05, 0) is 67.9 Å². The summed E-state index contributed by atoms with van der Waals surface area (Å²) >= 11 is 0. The van der Waals surface area contributed by atoms with E-state index < -0.39 is 10.0 Å². The molecule has 2 heterocycles. The largest absolute Gasteiger partial charge is 0.474 e. The molecule has 0 bridgehead atoms. The molecule has 5 nitrogen and oxygen atoms in total. The molecule has 2 aliphatic rings. The fourth-order valence-corrected chi connectivity index (χ4v) is 5.26. The van der Waals surface area contributed by atoms with E-state index in [1.54, 1.807) is 16.6 Å². The number of hydrogen-bond donors (Lipinski definition) is 0. The maximum absolute atomic E-state index is 13.0. The zero-order chi connectivity index (χ0) is 18.1. The highest BCUT2D eigenvalue weighted by atomic mass is 32.2. The Bertz CT molecular complexity index is 886. The van der Waals surface area contributed by atoms with Gasteiger partial charge in [0.15, 0.2) is 0 Å². The highest BCUT2D eigenvalue weighted by molar-refractivity contribution is 7.89. The standard InChI is InChI=1S/C20H24N2O3S/c1-15-5-8-20(21-14-15)25-18-9-11-22(12-10-18)26(23,24)19-7-6-16-3-2-4-17(16)13-19/h5-8,13-14,18H,2-4,9-12H2,1H3. The Morgan fingerprint density at radius 3 is 2.58 bits per heavy atom. The van der Waals surface area contributed by atoms with Crippen LogP contribution in [0, 0.1) is 6.92 Å². The van der Waals surface area contributed by atoms with Crippen molar-refractivity contribution in [3.05, 3.63) is 53.2 Å². The van der Waals surface area contributed by atoms with Crippen molar-refractivity contribution in [1.82, 2.24) is 9.29 Å². The van der Waals surface area contributed by atoms with Crippen LogP contribution in [0.1, 0.15) is 36.0 Å². The Morgan fingerprint density at radius 2 is 1.85 bits per heavy atom. The van der Waals surface area contributed by atoms with E-state index in [0.717, 1.165) is 24.8 Å². The van der Waals surface area contributed by atoms with Gasteiger partial charge in [-0.15, -0.1) is 0 Å². The maximum Gasteiger partial charge on any atom is 0.243 e. The van der Waals surface area contributed by atoms with Gasteiger partial charge in [-0.1, -0.05) is 12.1 Å². The summed E-state index contributed by atoms with van der Waals surface area (Å²) in [5.74, 6) is 0.607. The first-order valence-corrected chi connectivity index (χ1v) is 10.7. The molecule has 1 saturated heterocycles. The number of ether oxygens (including phenoxy) is 1. The van der Waals surface area contributed by atoms with Gasteiger partial charge in [0, 0.05) is 25.4 Å². The monoisotopic (exact) mass is 372 g/mol. The first kappa shape index (κ1) is 17.5. The van der Waals surface area contributed by atoms with Crippen LogP contribution in [0.5, 0.6) is 5.88 Å². The van der Waals surface area contributed by atoms with Crippen molar-refractivity contribution >= 4 is 10.0 Å². The van der Waals surface area contributed by atoms with Gasteiger partial charge in [0.25, 0.3) is 0 Å². The fraction of sp³-hybridized carbons (Fsp3) is 0.450. The second kappa shape index (κ2) is 7.00. The zero-order valence-corrected chi connectivity index (χ0v) is 15.8. The van der Waals surface area contributed by atoms with E-state index in [2.05, 4.69) is 4.98 Å². The number of nitrogens with zero attached hydrogens (tertiary/aromatic N) is 2. The van der Waals surface area contributed by atoms with E-state index >= 15 is 0 Å². The SMILES string of the molecule is Cc1ccc(OC2CCN(S(=O)(=O)c3ccc4c(c3)CCC4)CC2)nc1. The predicted molar refractivity (Wildman–Crippen MR) is 99.8 cm³/mol. The molecule has 0 N–H and O–H groups in total. The lowest BCUT2D eigenvalue weighted by molar-refractivity contribution is 0.130. The summed E-state index contributed by atoms with van der Waals surface area (Å²) in [6, 6.07) is 9.45. The van der Waals surface area contributed by atoms with Crippen molar-refractivity contribution in [1.29, 1.82) is 0 Å². The summed E-state index contributed by atoms with van der Waals surface area (Å²) in [6.07, 6.45) is 6.32. The van der Waals surface area contributed by atoms with Crippen LogP contribution in [0.25, 0.3) is 0 Å². The number of pyridine rings is 1. The molecule has 6 heteroatoms. The number of piperidine rings is 1. The number of sulfonamides is 1. The van der Waals surface area contributed by atoms with Crippen LogP contribution in [0.2, 0.25) is 0 Å². The molecule has 1 fully saturated rings. The quantitative estimate of drug-likeness (QED) is 0.827. The molecule has 0 unspecified atom stereocenters. The zero-order valence-electron chi connectivity index (χ0n) is 15.0. The minimum Gasteiger partial charge on any atom is -0.474 e. The third-order valence-corrected chi connectivity index (χ3v) is 7.17. The van der Waals surface area contributed by atoms with Crippen molar-refractivity contribution in [2.75, 3.05) is 13.1 Å². The van der Waals surface area contributed by atoms with Crippen molar-refractivity contribution in [2.45, 2.75) is 50.0 Å². The average molecular weight is 372 g/mol. The van der Waals surface area contributed by atoms with Crippen molar-refractivity contribution in [3.8, 4) is 5.88 Å². The lowest BCUT2D eigenvalue weighted by Gasteiger charge is -2.31. The molecule has 1 aromatic heterocycles. The van der Waals surface area contributed by atoms with Gasteiger partial charge in [-0.25, -0.2) is 13.4 Å². The lowest BCUT2D eigenvalue weighted by Crippen LogP contribution is -2.41. The van der Waals surface area contributed by atoms with Crippen LogP contribution in [0.4, 0.5) is 0 Å². The van der Waals surface area contributed by atoms with Crippen LogP contribution < -0.4 is 4.74 Å². The van der Waals surface area contributed by atoms with Gasteiger partial charge in [0.2, 0.25) is 15.9 Å². The topological polar surface area (TPSA) is 59.5 Å². The normalized spacial score (nSPS) is 18.7. The van der Waals surface area contributed by atoms with E-state index in [1.165, 1.54) is 11.1 Å². The number of benzene rings is 1. The summed E-state index contributed by atoms with van der Waals surface area (Å²) in [5, 5.41) is 0. The molecule has 1 aromatic carbocycles. The molecule has 26 heavy (non-hydrogen) atoms. The number of fused-ring (bicyclic) bond motifs is 1. The number of hydrogen-bond acceptors (Lipinski definition) is 4. The number of aromatic nitrogens is 1. The molecular weight excluding hydrogens is 348 g/mol. The highest BCUT2D eigenvalue weighted by Crippen LogP contribution is 2.28. The van der Waals surface area contributed by atoms with Crippen molar-refractivity contribution in [2.24, 2.45) is 0 Å². The molecule has 1 aliphatic heterocycles. The molecule has 0 spiro atoms. The van der Waals surface area contributed by atoms with Gasteiger partial charge in [0.1, 0.15) is 6.10 Å². The second-order valence-corrected chi connectivity index (χ2v) is 9.12. The molecule has 0 atom stereocenters. The molecule has 0 radical (unpaired) electrons. The summed E-state index contributed by atoms with van der Waals surface area (Å²) in [5.41, 5.74) is 3.57. The Balaban J connectivity index is 1.41. The maximum atomic E-state index is 13.0. The van der Waals surface area contributed by atoms with E-state index in [0.29, 0.717) is 36.7 Å². The average Bonchev–Trinajstić information content (AvgIpc) is 3.12. The highest BCUT2D eigenvalue weighted by Gasteiger charge is 2.31. The minimum absolute atomic E-state index is 0.0108. The summed E-state index contributed by atoms with van der Waals surface area (Å²) < 4.78 is 33.4. The molecular formula is C20H24N2O3S. The minimum atomic E-state index is -3.42. The molecule has 1 aliphatic carbocycles. The third-order valence-electron chi connectivity index (χ3n) is 5.28. The number of rotatable bonds is 4. The van der Waals surface area contributed by atoms with Crippen molar-refractivity contribution < 1.29 is 13.2 Å². The van der Waals surface area contributed by atoms with Gasteiger partial charge in [-0.3, -0.25) is 0 Å². The summed E-state index contributed by atoms with van der Waals surface area (Å²) in [6.45, 7) is 2.95. The summed E-state index contributed by atoms with van der Waals surface area (Å²) in [7, 11) is -3.42. The molecule has 0 saturated carbocycles. The first-order chi connectivity index (χ1) is 12.5. The second-order valence-electron chi connectivity index (χ2n) is 7.18. The Hall–Kier alpha value is -1.92. The van der Waals surface area contributed by atoms with Gasteiger partial charge in [0.05, 0.1) is 4.90 Å². The van der Waals surface area contributed by atoms with Crippen LogP contribution in [0.3, 0.4) is 0 Å². The van der Waals surface area contributed by atoms with Crippen LogP contribution in [-0.2, 0) is 22.9 Å². The number of aryl methyl sites for hydroxylation is 3. The molecule has 138 valence electrons. The smallest absolute Gasteiger partial charge is 0.243 e. The van der Waals surface area contributed by atoms with Crippen LogP contribution >= 0.6 is 0 Å².